The van der Waals surface area contributed by atoms with E-state index in [1.165, 1.54) is 0 Å². The van der Waals surface area contributed by atoms with Gasteiger partial charge in [0.15, 0.2) is 0 Å². The van der Waals surface area contributed by atoms with E-state index in [1.54, 1.807) is 0 Å². The maximum Gasteiger partial charge on any atom is 0.134 e. The minimum absolute atomic E-state index is 0.160. The molecule has 0 unspecified atom stereocenters. The maximum absolute atomic E-state index is 13.1. The van der Waals surface area contributed by atoms with Gasteiger partial charge in [0.1, 0.15) is 5.67 Å². The molecule has 1 aliphatic carbocycles. The fourth-order valence-corrected chi connectivity index (χ4v) is 1.02. The van der Waals surface area contributed by atoms with Crippen molar-refractivity contribution in [1.82, 2.24) is 0 Å². The number of alkyl halides is 1. The van der Waals surface area contributed by atoms with Gasteiger partial charge >= 0.3 is 0 Å². The van der Waals surface area contributed by atoms with Gasteiger partial charge in [-0.15, -0.1) is 0 Å². The van der Waals surface area contributed by atoms with Crippen molar-refractivity contribution in [3.05, 3.63) is 0 Å². The Labute approximate surface area is 61.6 Å². The van der Waals surface area contributed by atoms with Crippen LogP contribution in [0.3, 0.4) is 0 Å². The molecule has 10 heavy (non-hydrogen) atoms. The molecule has 0 N–H and O–H groups in total. The smallest absolute Gasteiger partial charge is 0.134 e. The highest BCUT2D eigenvalue weighted by molar-refractivity contribution is 4.87. The van der Waals surface area contributed by atoms with Gasteiger partial charge in [0.2, 0.25) is 0 Å². The van der Waals surface area contributed by atoms with Gasteiger partial charge in [-0.2, -0.15) is 0 Å². The lowest BCUT2D eigenvalue weighted by Crippen LogP contribution is -2.37. The van der Waals surface area contributed by atoms with Gasteiger partial charge in [-0.1, -0.05) is 0 Å². The Morgan fingerprint density at radius 3 is 2.40 bits per heavy atom. The molecule has 0 saturated heterocycles. The SMILES string of the molecule is CC(C)OCC1(F)CCC1. The van der Waals surface area contributed by atoms with Gasteiger partial charge in [-0.25, -0.2) is 4.39 Å². The van der Waals surface area contributed by atoms with Crippen LogP contribution in [0.15, 0.2) is 0 Å². The summed E-state index contributed by atoms with van der Waals surface area (Å²) in [6.45, 7) is 4.16. The predicted octanol–water partition coefficient (Wildman–Crippen LogP) is 2.30. The third-order valence-corrected chi connectivity index (χ3v) is 1.92. The molecule has 0 heterocycles. The first kappa shape index (κ1) is 7.99. The zero-order valence-electron chi connectivity index (χ0n) is 6.69. The van der Waals surface area contributed by atoms with Crippen LogP contribution in [0.1, 0.15) is 33.1 Å². The van der Waals surface area contributed by atoms with Gasteiger partial charge in [0.05, 0.1) is 12.7 Å². The summed E-state index contributed by atoms with van der Waals surface area (Å²) in [6, 6.07) is 0. The van der Waals surface area contributed by atoms with Gasteiger partial charge in [0, 0.05) is 0 Å². The molecule has 2 heteroatoms. The van der Waals surface area contributed by atoms with Crippen molar-refractivity contribution in [2.24, 2.45) is 0 Å². The fourth-order valence-electron chi connectivity index (χ4n) is 1.02. The summed E-state index contributed by atoms with van der Waals surface area (Å²) in [4.78, 5) is 0. The Morgan fingerprint density at radius 2 is 2.10 bits per heavy atom. The lowest BCUT2D eigenvalue weighted by molar-refractivity contribution is -0.0542. The van der Waals surface area contributed by atoms with Crippen LogP contribution in [-0.2, 0) is 4.74 Å². The van der Waals surface area contributed by atoms with Gasteiger partial charge in [-0.3, -0.25) is 0 Å². The monoisotopic (exact) mass is 146 g/mol. The summed E-state index contributed by atoms with van der Waals surface area (Å²) in [5.74, 6) is 0. The van der Waals surface area contributed by atoms with E-state index in [-0.39, 0.29) is 6.10 Å². The van der Waals surface area contributed by atoms with Crippen LogP contribution in [0.4, 0.5) is 4.39 Å². The molecule has 0 spiro atoms. The molecule has 0 aromatic carbocycles. The van der Waals surface area contributed by atoms with E-state index in [4.69, 9.17) is 4.74 Å². The second-order valence-electron chi connectivity index (χ2n) is 3.36. The Morgan fingerprint density at radius 1 is 1.50 bits per heavy atom. The molecule has 0 bridgehead atoms. The average molecular weight is 146 g/mol. The normalized spacial score (nSPS) is 22.8. The van der Waals surface area contributed by atoms with E-state index in [1.807, 2.05) is 13.8 Å². The van der Waals surface area contributed by atoms with E-state index in [0.717, 1.165) is 6.42 Å². The number of hydrogen-bond acceptors (Lipinski definition) is 1. The van der Waals surface area contributed by atoms with Crippen molar-refractivity contribution in [3.63, 3.8) is 0 Å². The molecule has 0 aromatic rings. The summed E-state index contributed by atoms with van der Waals surface area (Å²) in [5.41, 5.74) is -0.968. The summed E-state index contributed by atoms with van der Waals surface area (Å²) in [7, 11) is 0. The first-order valence-electron chi connectivity index (χ1n) is 3.93. The number of hydrogen-bond donors (Lipinski definition) is 0. The molecule has 1 nitrogen and oxygen atoms in total. The Bertz CT molecular complexity index is 108. The Kier molecular flexibility index (Phi) is 2.29. The van der Waals surface area contributed by atoms with Crippen LogP contribution < -0.4 is 0 Å². The highest BCUT2D eigenvalue weighted by Gasteiger charge is 2.37. The molecule has 0 aromatic heterocycles. The second kappa shape index (κ2) is 2.87. The van der Waals surface area contributed by atoms with Crippen molar-refractivity contribution < 1.29 is 9.13 Å². The first-order valence-corrected chi connectivity index (χ1v) is 3.93. The molecule has 0 radical (unpaired) electrons. The summed E-state index contributed by atoms with van der Waals surface area (Å²) in [6.07, 6.45) is 2.57. The van der Waals surface area contributed by atoms with Gasteiger partial charge in [-0.05, 0) is 33.1 Å². The number of ether oxygens (including phenoxy) is 1. The predicted molar refractivity (Wildman–Crippen MR) is 38.8 cm³/mol. The minimum Gasteiger partial charge on any atom is -0.375 e. The summed E-state index contributed by atoms with van der Waals surface area (Å²) >= 11 is 0. The molecule has 0 amide bonds. The van der Waals surface area contributed by atoms with Crippen LogP contribution in [0.2, 0.25) is 0 Å². The quantitative estimate of drug-likeness (QED) is 0.593. The Balaban J connectivity index is 2.12. The highest BCUT2D eigenvalue weighted by atomic mass is 19.1. The average Bonchev–Trinajstić information content (AvgIpc) is 1.79. The van der Waals surface area contributed by atoms with E-state index in [0.29, 0.717) is 19.4 Å². The molecule has 0 atom stereocenters. The van der Waals surface area contributed by atoms with Gasteiger partial charge in [0.25, 0.3) is 0 Å². The Hall–Kier alpha value is -0.110. The van der Waals surface area contributed by atoms with Crippen molar-refractivity contribution in [2.45, 2.75) is 44.9 Å². The summed E-state index contributed by atoms with van der Waals surface area (Å²) < 4.78 is 18.3. The van der Waals surface area contributed by atoms with E-state index in [2.05, 4.69) is 0 Å². The van der Waals surface area contributed by atoms with E-state index in [9.17, 15) is 4.39 Å². The van der Waals surface area contributed by atoms with Crippen molar-refractivity contribution >= 4 is 0 Å². The van der Waals surface area contributed by atoms with Crippen molar-refractivity contribution in [2.75, 3.05) is 6.61 Å². The fraction of sp³-hybridized carbons (Fsp3) is 1.00. The number of rotatable bonds is 3. The molecule has 1 aliphatic rings. The highest BCUT2D eigenvalue weighted by Crippen LogP contribution is 2.35. The van der Waals surface area contributed by atoms with Crippen molar-refractivity contribution in [3.8, 4) is 0 Å². The standard InChI is InChI=1S/C8H15FO/c1-7(2)10-6-8(9)4-3-5-8/h7H,3-6H2,1-2H3. The zero-order valence-corrected chi connectivity index (χ0v) is 6.69. The van der Waals surface area contributed by atoms with Crippen LogP contribution >= 0.6 is 0 Å². The van der Waals surface area contributed by atoms with Crippen LogP contribution in [0.25, 0.3) is 0 Å². The van der Waals surface area contributed by atoms with E-state index < -0.39 is 5.67 Å². The molecule has 1 saturated carbocycles. The number of halogens is 1. The lowest BCUT2D eigenvalue weighted by Gasteiger charge is -2.33. The van der Waals surface area contributed by atoms with Crippen LogP contribution in [-0.4, -0.2) is 18.4 Å². The van der Waals surface area contributed by atoms with Crippen molar-refractivity contribution in [1.29, 1.82) is 0 Å². The van der Waals surface area contributed by atoms with E-state index >= 15 is 0 Å². The molecular formula is C8H15FO. The third-order valence-electron chi connectivity index (χ3n) is 1.92. The molecule has 1 fully saturated rings. The lowest BCUT2D eigenvalue weighted by atomic mass is 9.83. The molecule has 0 aliphatic heterocycles. The minimum atomic E-state index is -0.968. The maximum atomic E-state index is 13.1. The molecule has 60 valence electrons. The zero-order chi connectivity index (χ0) is 7.61. The topological polar surface area (TPSA) is 9.23 Å². The van der Waals surface area contributed by atoms with Crippen LogP contribution in [0, 0.1) is 0 Å². The summed E-state index contributed by atoms with van der Waals surface area (Å²) in [5, 5.41) is 0. The molecular weight excluding hydrogens is 131 g/mol. The van der Waals surface area contributed by atoms with Gasteiger partial charge < -0.3 is 4.74 Å². The van der Waals surface area contributed by atoms with Crippen LogP contribution in [0.5, 0.6) is 0 Å². The third kappa shape index (κ3) is 1.94. The molecule has 1 rings (SSSR count). The largest absolute Gasteiger partial charge is 0.375 e. The first-order chi connectivity index (χ1) is 4.62. The second-order valence-corrected chi connectivity index (χ2v) is 3.36.